The molecular formula is C13H18N2O. The van der Waals surface area contributed by atoms with Crippen LogP contribution in [0.25, 0.3) is 0 Å². The van der Waals surface area contributed by atoms with Crippen molar-refractivity contribution in [2.45, 2.75) is 27.3 Å². The van der Waals surface area contributed by atoms with Crippen LogP contribution in [0.3, 0.4) is 0 Å². The summed E-state index contributed by atoms with van der Waals surface area (Å²) in [5.74, 6) is -0.0828. The number of hydrogen-bond acceptors (Lipinski definition) is 2. The van der Waals surface area contributed by atoms with E-state index in [1.54, 1.807) is 12.3 Å². The molecule has 86 valence electrons. The molecule has 1 amide bonds. The van der Waals surface area contributed by atoms with Crippen molar-refractivity contribution in [3.8, 4) is 0 Å². The van der Waals surface area contributed by atoms with Crippen LogP contribution in [0.4, 0.5) is 0 Å². The zero-order chi connectivity index (χ0) is 12.0. The van der Waals surface area contributed by atoms with E-state index < -0.39 is 0 Å². The molecule has 0 aliphatic heterocycles. The zero-order valence-electron chi connectivity index (χ0n) is 10.0. The number of pyridine rings is 1. The molecule has 0 bridgehead atoms. The van der Waals surface area contributed by atoms with E-state index in [0.29, 0.717) is 6.54 Å². The van der Waals surface area contributed by atoms with Crippen LogP contribution in [-0.2, 0) is 11.3 Å². The summed E-state index contributed by atoms with van der Waals surface area (Å²) in [4.78, 5) is 15.6. The summed E-state index contributed by atoms with van der Waals surface area (Å²) < 4.78 is 0. The highest BCUT2D eigenvalue weighted by Gasteiger charge is 2.05. The van der Waals surface area contributed by atoms with E-state index in [9.17, 15) is 4.79 Å². The van der Waals surface area contributed by atoms with Gasteiger partial charge in [-0.2, -0.15) is 0 Å². The molecule has 0 aliphatic rings. The minimum absolute atomic E-state index is 0.0301. The fraction of sp³-hybridized carbons (Fsp3) is 0.385. The van der Waals surface area contributed by atoms with Crippen LogP contribution in [0.5, 0.6) is 0 Å². The summed E-state index contributed by atoms with van der Waals surface area (Å²) in [5.41, 5.74) is 0.891. The maximum absolute atomic E-state index is 11.4. The second-order valence-electron chi connectivity index (χ2n) is 4.74. The van der Waals surface area contributed by atoms with E-state index in [2.05, 4.69) is 31.1 Å². The van der Waals surface area contributed by atoms with Gasteiger partial charge in [0.1, 0.15) is 0 Å². The number of amides is 1. The zero-order valence-corrected chi connectivity index (χ0v) is 10.0. The van der Waals surface area contributed by atoms with Gasteiger partial charge in [-0.25, -0.2) is 0 Å². The van der Waals surface area contributed by atoms with Gasteiger partial charge in [-0.05, 0) is 23.6 Å². The molecule has 0 atom stereocenters. The number of carbonyl (C=O) groups excluding carboxylic acids is 1. The summed E-state index contributed by atoms with van der Waals surface area (Å²) in [6.45, 7) is 6.62. The predicted molar refractivity (Wildman–Crippen MR) is 64.7 cm³/mol. The molecule has 1 aromatic rings. The van der Waals surface area contributed by atoms with Crippen LogP contribution >= 0.6 is 0 Å². The molecule has 1 heterocycles. The number of nitrogens with zero attached hydrogens (tertiary/aromatic N) is 1. The van der Waals surface area contributed by atoms with Crippen molar-refractivity contribution in [3.05, 3.63) is 42.2 Å². The van der Waals surface area contributed by atoms with Gasteiger partial charge in [0.05, 0.1) is 12.2 Å². The van der Waals surface area contributed by atoms with Gasteiger partial charge in [0.2, 0.25) is 5.91 Å². The minimum Gasteiger partial charge on any atom is -0.347 e. The van der Waals surface area contributed by atoms with Crippen molar-refractivity contribution in [1.82, 2.24) is 10.3 Å². The Morgan fingerprint density at radius 3 is 2.75 bits per heavy atom. The Balaban J connectivity index is 2.40. The molecule has 16 heavy (non-hydrogen) atoms. The number of carbonyl (C=O) groups is 1. The summed E-state index contributed by atoms with van der Waals surface area (Å²) in [5, 5.41) is 2.78. The van der Waals surface area contributed by atoms with E-state index in [0.717, 1.165) is 5.69 Å². The van der Waals surface area contributed by atoms with Crippen molar-refractivity contribution in [2.24, 2.45) is 5.41 Å². The Morgan fingerprint density at radius 1 is 1.44 bits per heavy atom. The third-order valence-electron chi connectivity index (χ3n) is 1.90. The maximum Gasteiger partial charge on any atom is 0.243 e. The van der Waals surface area contributed by atoms with Gasteiger partial charge >= 0.3 is 0 Å². The number of allylic oxidation sites excluding steroid dienone is 1. The summed E-state index contributed by atoms with van der Waals surface area (Å²) in [6.07, 6.45) is 5.18. The lowest BCUT2D eigenvalue weighted by atomic mass is 9.96. The lowest BCUT2D eigenvalue weighted by Crippen LogP contribution is -2.21. The van der Waals surface area contributed by atoms with Crippen LogP contribution in [0.15, 0.2) is 36.5 Å². The summed E-state index contributed by atoms with van der Waals surface area (Å²) >= 11 is 0. The lowest BCUT2D eigenvalue weighted by Gasteiger charge is -2.10. The molecule has 1 N–H and O–H groups in total. The molecule has 0 radical (unpaired) electrons. The van der Waals surface area contributed by atoms with E-state index in [-0.39, 0.29) is 11.3 Å². The highest BCUT2D eigenvalue weighted by molar-refractivity contribution is 5.87. The molecule has 0 saturated heterocycles. The highest BCUT2D eigenvalue weighted by Crippen LogP contribution is 2.13. The van der Waals surface area contributed by atoms with E-state index >= 15 is 0 Å². The molecule has 1 aromatic heterocycles. The predicted octanol–water partition coefficient (Wildman–Crippen LogP) is 2.30. The molecule has 1 rings (SSSR count). The molecule has 0 saturated carbocycles. The lowest BCUT2D eigenvalue weighted by molar-refractivity contribution is -0.116. The summed E-state index contributed by atoms with van der Waals surface area (Å²) in [6, 6.07) is 5.64. The second-order valence-corrected chi connectivity index (χ2v) is 4.74. The van der Waals surface area contributed by atoms with Crippen LogP contribution in [-0.4, -0.2) is 10.9 Å². The van der Waals surface area contributed by atoms with Gasteiger partial charge in [-0.3, -0.25) is 9.78 Å². The third kappa shape index (κ3) is 5.29. The van der Waals surface area contributed by atoms with E-state index in [4.69, 9.17) is 0 Å². The van der Waals surface area contributed by atoms with Gasteiger partial charge in [0.15, 0.2) is 0 Å². The van der Waals surface area contributed by atoms with Crippen LogP contribution in [0.1, 0.15) is 26.5 Å². The van der Waals surface area contributed by atoms with E-state index in [1.807, 2.05) is 24.3 Å². The number of nitrogens with one attached hydrogen (secondary N) is 1. The number of aromatic nitrogens is 1. The van der Waals surface area contributed by atoms with Gasteiger partial charge in [-0.1, -0.05) is 32.9 Å². The Morgan fingerprint density at radius 2 is 2.19 bits per heavy atom. The first-order valence-electron chi connectivity index (χ1n) is 5.34. The number of hydrogen-bond donors (Lipinski definition) is 1. The first-order valence-corrected chi connectivity index (χ1v) is 5.34. The fourth-order valence-electron chi connectivity index (χ4n) is 1.06. The van der Waals surface area contributed by atoms with Crippen molar-refractivity contribution in [1.29, 1.82) is 0 Å². The molecule has 0 spiro atoms. The Bertz CT molecular complexity index is 363. The van der Waals surface area contributed by atoms with Crippen molar-refractivity contribution in [3.63, 3.8) is 0 Å². The second kappa shape index (κ2) is 5.45. The average molecular weight is 218 g/mol. The molecule has 3 heteroatoms. The van der Waals surface area contributed by atoms with Crippen molar-refractivity contribution in [2.75, 3.05) is 0 Å². The molecule has 0 aliphatic carbocycles. The molecular weight excluding hydrogens is 200 g/mol. The summed E-state index contributed by atoms with van der Waals surface area (Å²) in [7, 11) is 0. The average Bonchev–Trinajstić information content (AvgIpc) is 2.24. The van der Waals surface area contributed by atoms with Gasteiger partial charge in [0.25, 0.3) is 0 Å². The van der Waals surface area contributed by atoms with Gasteiger partial charge in [-0.15, -0.1) is 0 Å². The van der Waals surface area contributed by atoms with E-state index in [1.165, 1.54) is 0 Å². The maximum atomic E-state index is 11.4. The first kappa shape index (κ1) is 12.4. The Labute approximate surface area is 96.6 Å². The van der Waals surface area contributed by atoms with Crippen molar-refractivity contribution < 1.29 is 4.79 Å². The highest BCUT2D eigenvalue weighted by atomic mass is 16.1. The standard InChI is InChI=1S/C13H18N2O/c1-13(2,3)8-7-12(16)15-10-11-6-4-5-9-14-11/h4-9H,10H2,1-3H3,(H,15,16)/b8-7+. The Hall–Kier alpha value is -1.64. The quantitative estimate of drug-likeness (QED) is 0.791. The SMILES string of the molecule is CC(C)(C)/C=C/C(=O)NCc1ccccn1. The first-order chi connectivity index (χ1) is 7.47. The molecule has 0 fully saturated rings. The monoisotopic (exact) mass is 218 g/mol. The van der Waals surface area contributed by atoms with Crippen LogP contribution in [0.2, 0.25) is 0 Å². The van der Waals surface area contributed by atoms with Crippen LogP contribution in [0, 0.1) is 5.41 Å². The minimum atomic E-state index is -0.0828. The van der Waals surface area contributed by atoms with Crippen LogP contribution < -0.4 is 5.32 Å². The van der Waals surface area contributed by atoms with Crippen molar-refractivity contribution >= 4 is 5.91 Å². The molecule has 3 nitrogen and oxygen atoms in total. The smallest absolute Gasteiger partial charge is 0.243 e. The normalized spacial score (nSPS) is 11.7. The number of rotatable bonds is 3. The third-order valence-corrected chi connectivity index (χ3v) is 1.90. The molecule has 0 unspecified atom stereocenters. The largest absolute Gasteiger partial charge is 0.347 e. The Kier molecular flexibility index (Phi) is 4.23. The van der Waals surface area contributed by atoms with Gasteiger partial charge < -0.3 is 5.32 Å². The fourth-order valence-corrected chi connectivity index (χ4v) is 1.06. The molecule has 0 aromatic carbocycles. The van der Waals surface area contributed by atoms with Gasteiger partial charge in [0, 0.05) is 6.20 Å². The topological polar surface area (TPSA) is 42.0 Å².